The molecule has 2 heterocycles. The van der Waals surface area contributed by atoms with Crippen molar-refractivity contribution >= 4 is 40.7 Å². The quantitative estimate of drug-likeness (QED) is 0.587. The first-order valence-electron chi connectivity index (χ1n) is 9.46. The molecule has 3 aromatic rings. The summed E-state index contributed by atoms with van der Waals surface area (Å²) < 4.78 is 27.0. The number of benzene rings is 2. The van der Waals surface area contributed by atoms with E-state index < -0.39 is 17.7 Å². The Balaban J connectivity index is 1.37. The van der Waals surface area contributed by atoms with E-state index in [1.165, 1.54) is 4.90 Å². The minimum Gasteiger partial charge on any atom is -0.352 e. The van der Waals surface area contributed by atoms with E-state index in [9.17, 15) is 13.6 Å². The van der Waals surface area contributed by atoms with Gasteiger partial charge in [-0.1, -0.05) is 23.2 Å². The van der Waals surface area contributed by atoms with Crippen LogP contribution in [0.25, 0.3) is 11.3 Å². The highest BCUT2D eigenvalue weighted by Gasteiger charge is 2.23. The molecule has 10 heteroatoms. The Bertz CT molecular complexity index is 1110. The molecule has 4 rings (SSSR count). The maximum Gasteiger partial charge on any atom is 0.322 e. The molecule has 1 aromatic heterocycles. The van der Waals surface area contributed by atoms with Crippen LogP contribution in [0.3, 0.4) is 0 Å². The molecule has 0 saturated carbocycles. The van der Waals surface area contributed by atoms with Gasteiger partial charge in [-0.05, 0) is 42.5 Å². The summed E-state index contributed by atoms with van der Waals surface area (Å²) in [5, 5.41) is 12.0. The third kappa shape index (κ3) is 4.86. The molecule has 1 saturated heterocycles. The molecule has 2 aromatic carbocycles. The third-order valence-electron chi connectivity index (χ3n) is 4.92. The van der Waals surface area contributed by atoms with Gasteiger partial charge in [0.2, 0.25) is 0 Å². The second-order valence-electron chi connectivity index (χ2n) is 6.93. The van der Waals surface area contributed by atoms with E-state index in [-0.39, 0.29) is 5.69 Å². The fourth-order valence-electron chi connectivity index (χ4n) is 3.26. The monoisotopic (exact) mass is 463 g/mol. The molecule has 6 nitrogen and oxygen atoms in total. The van der Waals surface area contributed by atoms with Crippen LogP contribution in [0, 0.1) is 11.6 Å². The zero-order valence-corrected chi connectivity index (χ0v) is 17.7. The second kappa shape index (κ2) is 9.03. The van der Waals surface area contributed by atoms with Gasteiger partial charge in [-0.15, -0.1) is 10.2 Å². The van der Waals surface area contributed by atoms with E-state index in [2.05, 4.69) is 15.5 Å². The van der Waals surface area contributed by atoms with Gasteiger partial charge in [0, 0.05) is 42.8 Å². The predicted octanol–water partition coefficient (Wildman–Crippen LogP) is 5.08. The maximum absolute atomic E-state index is 13.7. The van der Waals surface area contributed by atoms with Crippen LogP contribution in [0.15, 0.2) is 48.5 Å². The average Bonchev–Trinajstić information content (AvgIpc) is 2.77. The second-order valence-corrected chi connectivity index (χ2v) is 7.77. The minimum atomic E-state index is -0.690. The molecule has 0 spiro atoms. The smallest absolute Gasteiger partial charge is 0.322 e. The number of carbonyl (C=O) groups is 1. The van der Waals surface area contributed by atoms with E-state index in [4.69, 9.17) is 23.2 Å². The van der Waals surface area contributed by atoms with Crippen LogP contribution >= 0.6 is 23.2 Å². The first-order valence-corrected chi connectivity index (χ1v) is 10.2. The Morgan fingerprint density at radius 2 is 1.71 bits per heavy atom. The minimum absolute atomic E-state index is 0.185. The number of aromatic nitrogens is 2. The van der Waals surface area contributed by atoms with Gasteiger partial charge < -0.3 is 15.1 Å². The first kappa shape index (κ1) is 21.3. The Labute approximate surface area is 187 Å². The number of nitrogens with one attached hydrogen (secondary N) is 1. The van der Waals surface area contributed by atoms with Crippen molar-refractivity contribution in [1.82, 2.24) is 15.1 Å². The van der Waals surface area contributed by atoms with Crippen molar-refractivity contribution in [3.05, 3.63) is 70.2 Å². The Morgan fingerprint density at radius 3 is 2.39 bits per heavy atom. The summed E-state index contributed by atoms with van der Waals surface area (Å²) in [6, 6.07) is 11.3. The lowest BCUT2D eigenvalue weighted by molar-refractivity contribution is 0.208. The van der Waals surface area contributed by atoms with E-state index >= 15 is 0 Å². The number of hydrogen-bond acceptors (Lipinski definition) is 4. The molecule has 1 aliphatic heterocycles. The topological polar surface area (TPSA) is 61.4 Å². The van der Waals surface area contributed by atoms with Crippen LogP contribution in [-0.2, 0) is 0 Å². The maximum atomic E-state index is 13.7. The Kier molecular flexibility index (Phi) is 6.20. The number of halogens is 4. The predicted molar refractivity (Wildman–Crippen MR) is 117 cm³/mol. The Morgan fingerprint density at radius 1 is 0.935 bits per heavy atom. The van der Waals surface area contributed by atoms with Gasteiger partial charge in [-0.2, -0.15) is 0 Å². The van der Waals surface area contributed by atoms with Crippen molar-refractivity contribution in [1.29, 1.82) is 0 Å². The molecule has 0 atom stereocenters. The first-order chi connectivity index (χ1) is 14.9. The molecule has 2 amide bonds. The summed E-state index contributed by atoms with van der Waals surface area (Å²) in [5.41, 5.74) is 1.17. The van der Waals surface area contributed by atoms with Crippen LogP contribution < -0.4 is 10.2 Å². The Hall–Kier alpha value is -2.97. The summed E-state index contributed by atoms with van der Waals surface area (Å²) >= 11 is 12.2. The lowest BCUT2D eigenvalue weighted by atomic mass is 10.1. The molecule has 160 valence electrons. The van der Waals surface area contributed by atoms with Gasteiger partial charge >= 0.3 is 6.03 Å². The van der Waals surface area contributed by atoms with Gasteiger partial charge in [0.25, 0.3) is 0 Å². The summed E-state index contributed by atoms with van der Waals surface area (Å²) in [6.45, 7) is 1.84. The molecular formula is C21H17Cl2F2N5O. The van der Waals surface area contributed by atoms with Crippen molar-refractivity contribution in [2.75, 3.05) is 36.4 Å². The summed E-state index contributed by atoms with van der Waals surface area (Å²) in [5.74, 6) is -0.641. The number of hydrogen-bond donors (Lipinski definition) is 1. The molecule has 31 heavy (non-hydrogen) atoms. The zero-order chi connectivity index (χ0) is 22.0. The lowest BCUT2D eigenvalue weighted by Gasteiger charge is -2.35. The molecule has 0 aliphatic carbocycles. The van der Waals surface area contributed by atoms with Gasteiger partial charge in [0.1, 0.15) is 11.6 Å². The number of piperazine rings is 1. The standard InChI is InChI=1S/C21H17Cl2F2N5O/c22-13-1-3-15(16(23)11-13)18-5-6-20(28-27-18)29-7-9-30(10-8-29)21(31)26-19-12-14(24)2-4-17(19)25/h1-6,11-12H,7-10H2,(H,26,31). The van der Waals surface area contributed by atoms with Crippen LogP contribution in [0.4, 0.5) is 25.1 Å². The molecule has 1 N–H and O–H groups in total. The van der Waals surface area contributed by atoms with Crippen LogP contribution in [-0.4, -0.2) is 47.3 Å². The van der Waals surface area contributed by atoms with Crippen molar-refractivity contribution < 1.29 is 13.6 Å². The van der Waals surface area contributed by atoms with Gasteiger partial charge in [-0.3, -0.25) is 0 Å². The van der Waals surface area contributed by atoms with E-state index in [1.54, 1.807) is 18.2 Å². The molecule has 0 bridgehead atoms. The highest BCUT2D eigenvalue weighted by Crippen LogP contribution is 2.29. The number of urea groups is 1. The average molecular weight is 464 g/mol. The van der Waals surface area contributed by atoms with Crippen molar-refractivity contribution in [2.45, 2.75) is 0 Å². The van der Waals surface area contributed by atoms with Crippen LogP contribution in [0.5, 0.6) is 0 Å². The number of anilines is 2. The van der Waals surface area contributed by atoms with E-state index in [1.807, 2.05) is 17.0 Å². The fraction of sp³-hybridized carbons (Fsp3) is 0.190. The summed E-state index contributed by atoms with van der Waals surface area (Å²) in [4.78, 5) is 15.9. The SMILES string of the molecule is O=C(Nc1cc(F)ccc1F)N1CCN(c2ccc(-c3ccc(Cl)cc3Cl)nn2)CC1. The van der Waals surface area contributed by atoms with E-state index in [0.29, 0.717) is 47.7 Å². The molecule has 0 radical (unpaired) electrons. The molecule has 0 unspecified atom stereocenters. The van der Waals surface area contributed by atoms with Gasteiger partial charge in [0.15, 0.2) is 5.82 Å². The number of amides is 2. The van der Waals surface area contributed by atoms with Crippen molar-refractivity contribution in [2.24, 2.45) is 0 Å². The number of carbonyl (C=O) groups excluding carboxylic acids is 1. The molecule has 1 fully saturated rings. The summed E-state index contributed by atoms with van der Waals surface area (Å²) in [7, 11) is 0. The highest BCUT2D eigenvalue weighted by atomic mass is 35.5. The largest absolute Gasteiger partial charge is 0.352 e. The number of nitrogens with zero attached hydrogens (tertiary/aromatic N) is 4. The summed E-state index contributed by atoms with van der Waals surface area (Å²) in [6.07, 6.45) is 0. The zero-order valence-electron chi connectivity index (χ0n) is 16.2. The van der Waals surface area contributed by atoms with Crippen LogP contribution in [0.1, 0.15) is 0 Å². The fourth-order valence-corrected chi connectivity index (χ4v) is 3.77. The van der Waals surface area contributed by atoms with Crippen molar-refractivity contribution in [3.63, 3.8) is 0 Å². The van der Waals surface area contributed by atoms with Crippen molar-refractivity contribution in [3.8, 4) is 11.3 Å². The molecular weight excluding hydrogens is 447 g/mol. The third-order valence-corrected chi connectivity index (χ3v) is 5.47. The highest BCUT2D eigenvalue weighted by molar-refractivity contribution is 6.36. The van der Waals surface area contributed by atoms with E-state index in [0.717, 1.165) is 23.8 Å². The molecule has 1 aliphatic rings. The lowest BCUT2D eigenvalue weighted by Crippen LogP contribution is -2.50. The normalized spacial score (nSPS) is 13.9. The van der Waals surface area contributed by atoms with Gasteiger partial charge in [0.05, 0.1) is 16.4 Å². The number of rotatable bonds is 3. The van der Waals surface area contributed by atoms with Gasteiger partial charge in [-0.25, -0.2) is 13.6 Å². The van der Waals surface area contributed by atoms with Crippen LogP contribution in [0.2, 0.25) is 10.0 Å².